The Hall–Kier alpha value is -1.85. The third-order valence-corrected chi connectivity index (χ3v) is 3.07. The molecule has 0 aliphatic carbocycles. The van der Waals surface area contributed by atoms with Crippen LogP contribution in [0.4, 0.5) is 5.95 Å². The van der Waals surface area contributed by atoms with Crippen LogP contribution in [0.3, 0.4) is 0 Å². The number of hydrazone groups is 1. The largest absolute Gasteiger partial charge is 0.291 e. The van der Waals surface area contributed by atoms with Crippen LogP contribution in [0.1, 0.15) is 18.2 Å². The lowest BCUT2D eigenvalue weighted by atomic mass is 10.1. The van der Waals surface area contributed by atoms with Crippen LogP contribution in [0.15, 0.2) is 34.2 Å². The summed E-state index contributed by atoms with van der Waals surface area (Å²) in [5.74, 6) is 0.277. The van der Waals surface area contributed by atoms with Gasteiger partial charge >= 0.3 is 0 Å². The van der Waals surface area contributed by atoms with Crippen LogP contribution >= 0.6 is 23.2 Å². The van der Waals surface area contributed by atoms with E-state index in [4.69, 9.17) is 23.2 Å². The fourth-order valence-electron chi connectivity index (χ4n) is 1.61. The van der Waals surface area contributed by atoms with Crippen molar-refractivity contribution >= 4 is 34.9 Å². The summed E-state index contributed by atoms with van der Waals surface area (Å²) in [7, 11) is 0. The van der Waals surface area contributed by atoms with Gasteiger partial charge in [-0.15, -0.1) is 0 Å². The molecular formula is C13H12Cl2N4O. The van der Waals surface area contributed by atoms with Gasteiger partial charge in [0, 0.05) is 22.3 Å². The van der Waals surface area contributed by atoms with Gasteiger partial charge in [0.05, 0.1) is 10.7 Å². The van der Waals surface area contributed by atoms with Gasteiger partial charge < -0.3 is 0 Å². The fraction of sp³-hybridized carbons (Fsp3) is 0.154. The summed E-state index contributed by atoms with van der Waals surface area (Å²) < 4.78 is 0. The summed E-state index contributed by atoms with van der Waals surface area (Å²) in [5, 5.41) is 5.21. The SMILES string of the molecule is C/C(=N\Nc1nc(C)cc(=O)[nH]1)c1ccc(Cl)cc1Cl. The van der Waals surface area contributed by atoms with Crippen LogP contribution in [0, 0.1) is 6.92 Å². The van der Waals surface area contributed by atoms with Gasteiger partial charge in [0.2, 0.25) is 5.95 Å². The maximum absolute atomic E-state index is 11.3. The summed E-state index contributed by atoms with van der Waals surface area (Å²) in [6.07, 6.45) is 0. The number of aryl methyl sites for hydroxylation is 1. The van der Waals surface area contributed by atoms with E-state index in [1.807, 2.05) is 0 Å². The van der Waals surface area contributed by atoms with Crippen LogP contribution in [0.5, 0.6) is 0 Å². The van der Waals surface area contributed by atoms with E-state index >= 15 is 0 Å². The molecule has 1 aromatic carbocycles. The summed E-state index contributed by atoms with van der Waals surface area (Å²) in [5.41, 5.74) is 4.46. The first kappa shape index (κ1) is 14.6. The normalized spacial score (nSPS) is 11.5. The Morgan fingerprint density at radius 3 is 2.75 bits per heavy atom. The van der Waals surface area contributed by atoms with Crippen LogP contribution in [-0.4, -0.2) is 15.7 Å². The Morgan fingerprint density at radius 1 is 1.35 bits per heavy atom. The highest BCUT2D eigenvalue weighted by molar-refractivity contribution is 6.37. The van der Waals surface area contributed by atoms with Crippen LogP contribution in [0.2, 0.25) is 10.0 Å². The molecule has 0 radical (unpaired) electrons. The lowest BCUT2D eigenvalue weighted by Gasteiger charge is -2.05. The van der Waals surface area contributed by atoms with Crippen LogP contribution in [-0.2, 0) is 0 Å². The van der Waals surface area contributed by atoms with Gasteiger partial charge in [-0.3, -0.25) is 9.78 Å². The van der Waals surface area contributed by atoms with Gasteiger partial charge in [-0.25, -0.2) is 10.4 Å². The molecule has 0 fully saturated rings. The lowest BCUT2D eigenvalue weighted by Crippen LogP contribution is -2.11. The van der Waals surface area contributed by atoms with Gasteiger partial charge in [-0.1, -0.05) is 29.3 Å². The van der Waals surface area contributed by atoms with E-state index in [1.165, 1.54) is 6.07 Å². The number of benzene rings is 1. The first-order chi connectivity index (χ1) is 9.45. The minimum atomic E-state index is -0.239. The molecule has 1 aromatic heterocycles. The summed E-state index contributed by atoms with van der Waals surface area (Å²) in [6.45, 7) is 3.52. The van der Waals surface area contributed by atoms with E-state index in [1.54, 1.807) is 32.0 Å². The molecule has 104 valence electrons. The summed E-state index contributed by atoms with van der Waals surface area (Å²) in [4.78, 5) is 17.9. The van der Waals surface area contributed by atoms with Crippen molar-refractivity contribution in [3.05, 3.63) is 55.9 Å². The molecule has 2 aromatic rings. The molecule has 2 N–H and O–H groups in total. The van der Waals surface area contributed by atoms with E-state index in [9.17, 15) is 4.79 Å². The fourth-order valence-corrected chi connectivity index (χ4v) is 2.16. The quantitative estimate of drug-likeness (QED) is 0.675. The standard InChI is InChI=1S/C13H12Cl2N4O/c1-7-5-12(20)17-13(16-7)19-18-8(2)10-4-3-9(14)6-11(10)15/h3-6H,1-2H3,(H2,16,17,19,20)/b18-8+. The first-order valence-corrected chi connectivity index (χ1v) is 6.55. The van der Waals surface area contributed by atoms with Gasteiger partial charge in [0.15, 0.2) is 0 Å². The van der Waals surface area contributed by atoms with E-state index in [0.717, 1.165) is 5.56 Å². The Kier molecular flexibility index (Phi) is 4.42. The molecule has 0 aliphatic heterocycles. The number of nitrogens with one attached hydrogen (secondary N) is 2. The van der Waals surface area contributed by atoms with Crippen molar-refractivity contribution in [2.75, 3.05) is 5.43 Å². The third-order valence-electron chi connectivity index (χ3n) is 2.52. The molecule has 0 unspecified atom stereocenters. The number of hydrogen-bond donors (Lipinski definition) is 2. The number of anilines is 1. The minimum absolute atomic E-state index is 0.239. The molecule has 20 heavy (non-hydrogen) atoms. The van der Waals surface area contributed by atoms with Crippen molar-refractivity contribution in [3.63, 3.8) is 0 Å². The molecule has 7 heteroatoms. The van der Waals surface area contributed by atoms with Crippen molar-refractivity contribution < 1.29 is 0 Å². The van der Waals surface area contributed by atoms with E-state index in [2.05, 4.69) is 20.5 Å². The zero-order valence-corrected chi connectivity index (χ0v) is 12.4. The highest BCUT2D eigenvalue weighted by atomic mass is 35.5. The van der Waals surface area contributed by atoms with E-state index in [-0.39, 0.29) is 11.5 Å². The smallest absolute Gasteiger partial charge is 0.252 e. The van der Waals surface area contributed by atoms with E-state index in [0.29, 0.717) is 21.5 Å². The van der Waals surface area contributed by atoms with Crippen molar-refractivity contribution in [2.45, 2.75) is 13.8 Å². The molecule has 1 heterocycles. The number of aromatic amines is 1. The highest BCUT2D eigenvalue weighted by Crippen LogP contribution is 2.21. The zero-order chi connectivity index (χ0) is 14.7. The maximum Gasteiger partial charge on any atom is 0.252 e. The van der Waals surface area contributed by atoms with Crippen molar-refractivity contribution in [1.29, 1.82) is 0 Å². The molecule has 5 nitrogen and oxygen atoms in total. The average Bonchev–Trinajstić information content (AvgIpc) is 2.35. The number of hydrogen-bond acceptors (Lipinski definition) is 4. The predicted octanol–water partition coefficient (Wildman–Crippen LogP) is 3.22. The Balaban J connectivity index is 2.24. The number of halogens is 2. The zero-order valence-electron chi connectivity index (χ0n) is 10.9. The molecular weight excluding hydrogens is 299 g/mol. The van der Waals surface area contributed by atoms with Gasteiger partial charge in [-0.2, -0.15) is 5.10 Å². The van der Waals surface area contributed by atoms with Crippen molar-refractivity contribution in [1.82, 2.24) is 9.97 Å². The molecule has 0 saturated carbocycles. The molecule has 0 amide bonds. The second-order valence-electron chi connectivity index (χ2n) is 4.17. The highest BCUT2D eigenvalue weighted by Gasteiger charge is 2.05. The second-order valence-corrected chi connectivity index (χ2v) is 5.01. The first-order valence-electron chi connectivity index (χ1n) is 5.79. The second kappa shape index (κ2) is 6.07. The van der Waals surface area contributed by atoms with Crippen LogP contribution < -0.4 is 11.0 Å². The van der Waals surface area contributed by atoms with Gasteiger partial charge in [0.25, 0.3) is 5.56 Å². The topological polar surface area (TPSA) is 70.1 Å². The molecule has 2 rings (SSSR count). The average molecular weight is 311 g/mol. The number of aromatic nitrogens is 2. The molecule has 0 aliphatic rings. The molecule has 0 saturated heterocycles. The lowest BCUT2D eigenvalue weighted by molar-refractivity contribution is 1.04. The minimum Gasteiger partial charge on any atom is -0.291 e. The van der Waals surface area contributed by atoms with Gasteiger partial charge in [-0.05, 0) is 26.0 Å². The van der Waals surface area contributed by atoms with Crippen LogP contribution in [0.25, 0.3) is 0 Å². The molecule has 0 atom stereocenters. The number of rotatable bonds is 3. The molecule has 0 spiro atoms. The third kappa shape index (κ3) is 3.59. The van der Waals surface area contributed by atoms with E-state index < -0.39 is 0 Å². The monoisotopic (exact) mass is 310 g/mol. The summed E-state index contributed by atoms with van der Waals surface area (Å²) >= 11 is 11.9. The predicted molar refractivity (Wildman–Crippen MR) is 81.9 cm³/mol. The Bertz CT molecular complexity index is 725. The Morgan fingerprint density at radius 2 is 2.10 bits per heavy atom. The van der Waals surface area contributed by atoms with Crippen molar-refractivity contribution in [3.8, 4) is 0 Å². The van der Waals surface area contributed by atoms with Crippen molar-refractivity contribution in [2.24, 2.45) is 5.10 Å². The number of nitrogens with zero attached hydrogens (tertiary/aromatic N) is 2. The number of H-pyrrole nitrogens is 1. The molecule has 0 bridgehead atoms. The maximum atomic E-state index is 11.3. The van der Waals surface area contributed by atoms with Gasteiger partial charge in [0.1, 0.15) is 0 Å². The Labute approximate surface area is 125 Å². The summed E-state index contributed by atoms with van der Waals surface area (Å²) in [6, 6.07) is 6.55.